The summed E-state index contributed by atoms with van der Waals surface area (Å²) in [6.45, 7) is 0.335. The Bertz CT molecular complexity index is 420. The summed E-state index contributed by atoms with van der Waals surface area (Å²) < 4.78 is 51.3. The van der Waals surface area contributed by atoms with Crippen LogP contribution in [-0.2, 0) is 6.18 Å². The fraction of sp³-hybridized carbons (Fsp3) is 0.455. The first-order valence-electron chi connectivity index (χ1n) is 5.29. The number of nitrogens with two attached hydrogens (primary N) is 2. The summed E-state index contributed by atoms with van der Waals surface area (Å²) in [4.78, 5) is 0. The highest BCUT2D eigenvalue weighted by atomic mass is 35.5. The molecule has 7 heteroatoms. The van der Waals surface area contributed by atoms with Crippen molar-refractivity contribution in [2.45, 2.75) is 25.1 Å². The van der Waals surface area contributed by atoms with Crippen molar-refractivity contribution in [1.29, 1.82) is 0 Å². The van der Waals surface area contributed by atoms with Crippen LogP contribution in [0.5, 0.6) is 0 Å². The lowest BCUT2D eigenvalue weighted by Crippen LogP contribution is -2.16. The lowest BCUT2D eigenvalue weighted by molar-refractivity contribution is -0.137. The molecule has 0 saturated heterocycles. The number of halogens is 5. The van der Waals surface area contributed by atoms with E-state index in [2.05, 4.69) is 0 Å². The highest BCUT2D eigenvalue weighted by Crippen LogP contribution is 2.35. The first-order chi connectivity index (χ1) is 8.27. The molecular weight excluding hydrogens is 272 g/mol. The summed E-state index contributed by atoms with van der Waals surface area (Å²) in [5.41, 5.74) is 9.67. The molecule has 1 rings (SSSR count). The Morgan fingerprint density at radius 3 is 2.39 bits per heavy atom. The molecule has 0 saturated carbocycles. The van der Waals surface area contributed by atoms with E-state index in [1.807, 2.05) is 0 Å². The standard InChI is InChI=1S/C11H13ClF4N2/c12-8-5-6(11(14,15)16)4-7(10(8)13)9(18)2-1-3-17/h4-5,9H,1-3,17-18H2/t9-/m0/s1. The summed E-state index contributed by atoms with van der Waals surface area (Å²) in [7, 11) is 0. The molecule has 4 N–H and O–H groups in total. The van der Waals surface area contributed by atoms with Gasteiger partial charge < -0.3 is 11.5 Å². The van der Waals surface area contributed by atoms with Gasteiger partial charge in [0.15, 0.2) is 0 Å². The first-order valence-corrected chi connectivity index (χ1v) is 5.67. The minimum Gasteiger partial charge on any atom is -0.330 e. The fourth-order valence-electron chi connectivity index (χ4n) is 1.54. The Kier molecular flexibility index (Phi) is 4.95. The van der Waals surface area contributed by atoms with Gasteiger partial charge in [0.05, 0.1) is 10.6 Å². The molecule has 2 nitrogen and oxygen atoms in total. The zero-order valence-corrected chi connectivity index (χ0v) is 10.2. The van der Waals surface area contributed by atoms with Crippen LogP contribution < -0.4 is 11.5 Å². The summed E-state index contributed by atoms with van der Waals surface area (Å²) >= 11 is 5.45. The maximum atomic E-state index is 13.6. The van der Waals surface area contributed by atoms with Gasteiger partial charge in [0.1, 0.15) is 5.82 Å². The van der Waals surface area contributed by atoms with Crippen LogP contribution in [0.1, 0.15) is 30.0 Å². The first kappa shape index (κ1) is 15.2. The van der Waals surface area contributed by atoms with Crippen LogP contribution in [0.25, 0.3) is 0 Å². The van der Waals surface area contributed by atoms with E-state index < -0.39 is 28.6 Å². The van der Waals surface area contributed by atoms with Crippen LogP contribution in [-0.4, -0.2) is 6.54 Å². The van der Waals surface area contributed by atoms with E-state index in [1.165, 1.54) is 0 Å². The number of rotatable bonds is 4. The normalized spacial score (nSPS) is 13.7. The van der Waals surface area contributed by atoms with Crippen LogP contribution in [0.15, 0.2) is 12.1 Å². The second-order valence-corrected chi connectivity index (χ2v) is 4.30. The van der Waals surface area contributed by atoms with Gasteiger partial charge in [0, 0.05) is 11.6 Å². The Balaban J connectivity index is 3.14. The molecule has 0 aliphatic carbocycles. The van der Waals surface area contributed by atoms with E-state index >= 15 is 0 Å². The third kappa shape index (κ3) is 3.57. The van der Waals surface area contributed by atoms with Gasteiger partial charge in [-0.05, 0) is 31.5 Å². The predicted octanol–water partition coefficient (Wildman–Crippen LogP) is 3.24. The molecule has 0 heterocycles. The molecule has 0 fully saturated rings. The quantitative estimate of drug-likeness (QED) is 0.834. The zero-order chi connectivity index (χ0) is 13.9. The third-order valence-corrected chi connectivity index (χ3v) is 2.78. The van der Waals surface area contributed by atoms with E-state index in [9.17, 15) is 17.6 Å². The maximum absolute atomic E-state index is 13.6. The minimum absolute atomic E-state index is 0.233. The summed E-state index contributed by atoms with van der Waals surface area (Å²) in [5, 5.41) is -0.581. The monoisotopic (exact) mass is 284 g/mol. The molecule has 0 spiro atoms. The average molecular weight is 285 g/mol. The van der Waals surface area contributed by atoms with Crippen LogP contribution >= 0.6 is 11.6 Å². The van der Waals surface area contributed by atoms with Crippen molar-refractivity contribution in [3.05, 3.63) is 34.1 Å². The topological polar surface area (TPSA) is 52.0 Å². The molecule has 0 unspecified atom stereocenters. The van der Waals surface area contributed by atoms with Crippen molar-refractivity contribution >= 4 is 11.6 Å². The van der Waals surface area contributed by atoms with Crippen LogP contribution in [0.4, 0.5) is 17.6 Å². The Hall–Kier alpha value is -0.850. The Labute approximate surface area is 107 Å². The van der Waals surface area contributed by atoms with Crippen molar-refractivity contribution in [3.63, 3.8) is 0 Å². The molecule has 1 aromatic carbocycles. The smallest absolute Gasteiger partial charge is 0.330 e. The molecule has 102 valence electrons. The number of benzene rings is 1. The second kappa shape index (κ2) is 5.86. The SMILES string of the molecule is NCCC[C@H](N)c1cc(C(F)(F)F)cc(Cl)c1F. The molecular formula is C11H13ClF4N2. The van der Waals surface area contributed by atoms with Gasteiger partial charge in [-0.15, -0.1) is 0 Å². The second-order valence-electron chi connectivity index (χ2n) is 3.90. The zero-order valence-electron chi connectivity index (χ0n) is 9.40. The van der Waals surface area contributed by atoms with Gasteiger partial charge in [-0.3, -0.25) is 0 Å². The molecule has 0 amide bonds. The summed E-state index contributed by atoms with van der Waals surface area (Å²) in [6, 6.07) is 0.395. The summed E-state index contributed by atoms with van der Waals surface area (Å²) in [5.74, 6) is -0.908. The molecule has 1 aromatic rings. The van der Waals surface area contributed by atoms with Crippen LogP contribution in [0.2, 0.25) is 5.02 Å². The van der Waals surface area contributed by atoms with E-state index in [0.29, 0.717) is 31.5 Å². The van der Waals surface area contributed by atoms with Gasteiger partial charge in [0.2, 0.25) is 0 Å². The number of hydrogen-bond acceptors (Lipinski definition) is 2. The highest BCUT2D eigenvalue weighted by molar-refractivity contribution is 6.30. The molecule has 0 radical (unpaired) electrons. The lowest BCUT2D eigenvalue weighted by atomic mass is 9.99. The molecule has 18 heavy (non-hydrogen) atoms. The molecule has 1 atom stereocenters. The van der Waals surface area contributed by atoms with E-state index in [4.69, 9.17) is 23.1 Å². The third-order valence-electron chi connectivity index (χ3n) is 2.50. The van der Waals surface area contributed by atoms with Crippen molar-refractivity contribution in [2.75, 3.05) is 6.54 Å². The van der Waals surface area contributed by atoms with Crippen molar-refractivity contribution in [3.8, 4) is 0 Å². The van der Waals surface area contributed by atoms with E-state index in [0.717, 1.165) is 0 Å². The minimum atomic E-state index is -4.58. The Morgan fingerprint density at radius 2 is 1.89 bits per heavy atom. The maximum Gasteiger partial charge on any atom is 0.416 e. The number of hydrogen-bond donors (Lipinski definition) is 2. The van der Waals surface area contributed by atoms with Gasteiger partial charge in [-0.1, -0.05) is 11.6 Å². The van der Waals surface area contributed by atoms with Gasteiger partial charge in [-0.2, -0.15) is 13.2 Å². The largest absolute Gasteiger partial charge is 0.416 e. The summed E-state index contributed by atoms with van der Waals surface area (Å²) in [6.07, 6.45) is -3.79. The highest BCUT2D eigenvalue weighted by Gasteiger charge is 2.32. The van der Waals surface area contributed by atoms with Crippen molar-refractivity contribution in [1.82, 2.24) is 0 Å². The van der Waals surface area contributed by atoms with E-state index in [1.54, 1.807) is 0 Å². The average Bonchev–Trinajstić information content (AvgIpc) is 2.27. The van der Waals surface area contributed by atoms with Gasteiger partial charge in [0.25, 0.3) is 0 Å². The molecule has 0 aliphatic rings. The predicted molar refractivity (Wildman–Crippen MR) is 61.6 cm³/mol. The molecule has 0 bridgehead atoms. The van der Waals surface area contributed by atoms with Crippen LogP contribution in [0.3, 0.4) is 0 Å². The number of alkyl halides is 3. The fourth-order valence-corrected chi connectivity index (χ4v) is 1.76. The molecule has 0 aliphatic heterocycles. The van der Waals surface area contributed by atoms with Crippen molar-refractivity contribution < 1.29 is 17.6 Å². The van der Waals surface area contributed by atoms with Gasteiger partial charge in [-0.25, -0.2) is 4.39 Å². The van der Waals surface area contributed by atoms with Gasteiger partial charge >= 0.3 is 6.18 Å². The van der Waals surface area contributed by atoms with E-state index in [-0.39, 0.29) is 5.56 Å². The van der Waals surface area contributed by atoms with Crippen molar-refractivity contribution in [2.24, 2.45) is 11.5 Å². The lowest BCUT2D eigenvalue weighted by Gasteiger charge is -2.16. The van der Waals surface area contributed by atoms with Crippen LogP contribution in [0, 0.1) is 5.82 Å². The molecule has 0 aromatic heterocycles. The Morgan fingerprint density at radius 1 is 1.28 bits per heavy atom.